The third kappa shape index (κ3) is 4.67. The van der Waals surface area contributed by atoms with Crippen LogP contribution in [0.2, 0.25) is 0 Å². The number of amides is 2. The van der Waals surface area contributed by atoms with Crippen molar-refractivity contribution in [3.8, 4) is 0 Å². The third-order valence-corrected chi connectivity index (χ3v) is 5.28. The molecule has 6 heteroatoms. The molecule has 1 aliphatic rings. The van der Waals surface area contributed by atoms with Gasteiger partial charge in [0, 0.05) is 19.5 Å². The molecular weight excluding hydrogens is 336 g/mol. The summed E-state index contributed by atoms with van der Waals surface area (Å²) < 4.78 is 0. The fraction of sp³-hybridized carbons (Fsp3) is 0.368. The van der Waals surface area contributed by atoms with Gasteiger partial charge in [0.05, 0.1) is 11.0 Å². The van der Waals surface area contributed by atoms with Gasteiger partial charge in [-0.05, 0) is 29.9 Å². The van der Waals surface area contributed by atoms with Crippen LogP contribution in [0.15, 0.2) is 47.8 Å². The maximum absolute atomic E-state index is 12.9. The minimum Gasteiger partial charge on any atom is -0.393 e. The Balaban J connectivity index is 1.73. The van der Waals surface area contributed by atoms with Gasteiger partial charge in [-0.25, -0.2) is 0 Å². The monoisotopic (exact) mass is 358 g/mol. The second kappa shape index (κ2) is 8.27. The fourth-order valence-electron chi connectivity index (χ4n) is 2.99. The van der Waals surface area contributed by atoms with E-state index >= 15 is 0 Å². The molecular formula is C19H22N2O3S. The van der Waals surface area contributed by atoms with Crippen LogP contribution in [0.4, 0.5) is 0 Å². The van der Waals surface area contributed by atoms with Crippen molar-refractivity contribution in [2.24, 2.45) is 0 Å². The molecule has 1 atom stereocenters. The molecule has 5 nitrogen and oxygen atoms in total. The number of aliphatic hydroxyl groups is 1. The molecule has 3 rings (SSSR count). The lowest BCUT2D eigenvalue weighted by Gasteiger charge is -2.32. The Kier molecular flexibility index (Phi) is 5.83. The van der Waals surface area contributed by atoms with Gasteiger partial charge in [0.15, 0.2) is 0 Å². The topological polar surface area (TPSA) is 69.6 Å². The number of hydrogen-bond acceptors (Lipinski definition) is 4. The van der Waals surface area contributed by atoms with E-state index < -0.39 is 6.04 Å². The van der Waals surface area contributed by atoms with Gasteiger partial charge in [-0.2, -0.15) is 0 Å². The summed E-state index contributed by atoms with van der Waals surface area (Å²) in [6, 6.07) is 12.7. The third-order valence-electron chi connectivity index (χ3n) is 4.41. The van der Waals surface area contributed by atoms with Gasteiger partial charge < -0.3 is 15.3 Å². The molecule has 0 radical (unpaired) electrons. The molecule has 1 aromatic carbocycles. The van der Waals surface area contributed by atoms with Crippen LogP contribution in [0, 0.1) is 0 Å². The number of nitrogens with zero attached hydrogens (tertiary/aromatic N) is 1. The second-order valence-corrected chi connectivity index (χ2v) is 7.20. The first-order valence-corrected chi connectivity index (χ1v) is 9.36. The molecule has 1 aliphatic heterocycles. The molecule has 0 bridgehead atoms. The van der Waals surface area contributed by atoms with E-state index in [9.17, 15) is 14.7 Å². The SMILES string of the molecule is O=C(NC(Cc1ccccc1)C(=O)N1CCC(O)CC1)c1cccs1. The van der Waals surface area contributed by atoms with Crippen LogP contribution in [0.3, 0.4) is 0 Å². The number of piperidine rings is 1. The maximum atomic E-state index is 12.9. The highest BCUT2D eigenvalue weighted by molar-refractivity contribution is 7.12. The molecule has 0 saturated carbocycles. The van der Waals surface area contributed by atoms with Crippen molar-refractivity contribution in [3.05, 3.63) is 58.3 Å². The van der Waals surface area contributed by atoms with Gasteiger partial charge in [-0.3, -0.25) is 9.59 Å². The molecule has 1 aromatic heterocycles. The number of carbonyl (C=O) groups excluding carboxylic acids is 2. The Morgan fingerprint density at radius 2 is 1.88 bits per heavy atom. The van der Waals surface area contributed by atoms with Gasteiger partial charge in [-0.15, -0.1) is 11.3 Å². The standard InChI is InChI=1S/C19H22N2O3S/c22-15-8-10-21(11-9-15)19(24)16(13-14-5-2-1-3-6-14)20-18(23)17-7-4-12-25-17/h1-7,12,15-16,22H,8-11,13H2,(H,20,23). The van der Waals surface area contributed by atoms with E-state index in [4.69, 9.17) is 0 Å². The van der Waals surface area contributed by atoms with Crippen LogP contribution in [0.25, 0.3) is 0 Å². The van der Waals surface area contributed by atoms with E-state index in [1.165, 1.54) is 11.3 Å². The summed E-state index contributed by atoms with van der Waals surface area (Å²) in [5.74, 6) is -0.304. The summed E-state index contributed by atoms with van der Waals surface area (Å²) in [5.41, 5.74) is 1.00. The van der Waals surface area contributed by atoms with Crippen molar-refractivity contribution in [3.63, 3.8) is 0 Å². The van der Waals surface area contributed by atoms with Crippen molar-refractivity contribution < 1.29 is 14.7 Å². The van der Waals surface area contributed by atoms with E-state index in [1.807, 2.05) is 41.8 Å². The molecule has 2 heterocycles. The van der Waals surface area contributed by atoms with Crippen molar-refractivity contribution in [1.82, 2.24) is 10.2 Å². The Hall–Kier alpha value is -2.18. The Morgan fingerprint density at radius 3 is 2.52 bits per heavy atom. The van der Waals surface area contributed by atoms with Crippen LogP contribution in [0.1, 0.15) is 28.1 Å². The lowest BCUT2D eigenvalue weighted by atomic mass is 10.0. The van der Waals surface area contributed by atoms with Crippen molar-refractivity contribution in [2.45, 2.75) is 31.4 Å². The molecule has 2 amide bonds. The van der Waals surface area contributed by atoms with Crippen LogP contribution in [-0.2, 0) is 11.2 Å². The summed E-state index contributed by atoms with van der Waals surface area (Å²) in [7, 11) is 0. The lowest BCUT2D eigenvalue weighted by Crippen LogP contribution is -2.52. The minimum absolute atomic E-state index is 0.0827. The summed E-state index contributed by atoms with van der Waals surface area (Å²) in [6.07, 6.45) is 1.29. The molecule has 1 saturated heterocycles. The number of thiophene rings is 1. The van der Waals surface area contributed by atoms with Crippen LogP contribution >= 0.6 is 11.3 Å². The van der Waals surface area contributed by atoms with Crippen molar-refractivity contribution in [1.29, 1.82) is 0 Å². The average molecular weight is 358 g/mol. The highest BCUT2D eigenvalue weighted by Gasteiger charge is 2.29. The normalized spacial score (nSPS) is 16.4. The highest BCUT2D eigenvalue weighted by atomic mass is 32.1. The largest absolute Gasteiger partial charge is 0.393 e. The predicted molar refractivity (Wildman–Crippen MR) is 97.5 cm³/mol. The molecule has 1 unspecified atom stereocenters. The van der Waals surface area contributed by atoms with Gasteiger partial charge in [0.2, 0.25) is 5.91 Å². The van der Waals surface area contributed by atoms with Crippen molar-refractivity contribution >= 4 is 23.2 Å². The molecule has 0 aliphatic carbocycles. The first-order valence-electron chi connectivity index (χ1n) is 8.48. The summed E-state index contributed by atoms with van der Waals surface area (Å²) in [4.78, 5) is 27.7. The summed E-state index contributed by atoms with van der Waals surface area (Å²) >= 11 is 1.36. The van der Waals surface area contributed by atoms with E-state index in [-0.39, 0.29) is 17.9 Å². The smallest absolute Gasteiger partial charge is 0.262 e. The van der Waals surface area contributed by atoms with Crippen LogP contribution < -0.4 is 5.32 Å². The predicted octanol–water partition coefficient (Wildman–Crippen LogP) is 2.07. The van der Waals surface area contributed by atoms with E-state index in [0.29, 0.717) is 37.2 Å². The number of rotatable bonds is 5. The van der Waals surface area contributed by atoms with Gasteiger partial charge in [0.1, 0.15) is 6.04 Å². The number of aliphatic hydroxyl groups excluding tert-OH is 1. The first kappa shape index (κ1) is 17.6. The fourth-order valence-corrected chi connectivity index (χ4v) is 3.62. The number of benzene rings is 1. The second-order valence-electron chi connectivity index (χ2n) is 6.25. The van der Waals surface area contributed by atoms with Crippen LogP contribution in [0.5, 0.6) is 0 Å². The molecule has 1 fully saturated rings. The van der Waals surface area contributed by atoms with Gasteiger partial charge in [-0.1, -0.05) is 36.4 Å². The number of nitrogens with one attached hydrogen (secondary N) is 1. The minimum atomic E-state index is -0.604. The lowest BCUT2D eigenvalue weighted by molar-refractivity contribution is -0.135. The van der Waals surface area contributed by atoms with Crippen LogP contribution in [-0.4, -0.2) is 47.1 Å². The summed E-state index contributed by atoms with van der Waals surface area (Å²) in [6.45, 7) is 1.06. The van der Waals surface area contributed by atoms with E-state index in [2.05, 4.69) is 5.32 Å². The molecule has 132 valence electrons. The molecule has 2 N–H and O–H groups in total. The molecule has 0 spiro atoms. The number of hydrogen-bond donors (Lipinski definition) is 2. The first-order chi connectivity index (χ1) is 12.1. The zero-order valence-corrected chi connectivity index (χ0v) is 14.7. The van der Waals surface area contributed by atoms with Crippen molar-refractivity contribution in [2.75, 3.05) is 13.1 Å². The zero-order valence-electron chi connectivity index (χ0n) is 13.9. The zero-order chi connectivity index (χ0) is 17.6. The average Bonchev–Trinajstić information content (AvgIpc) is 3.17. The Morgan fingerprint density at radius 1 is 1.16 bits per heavy atom. The molecule has 25 heavy (non-hydrogen) atoms. The van der Waals surface area contributed by atoms with Gasteiger partial charge in [0.25, 0.3) is 5.91 Å². The quantitative estimate of drug-likeness (QED) is 0.860. The number of likely N-dealkylation sites (tertiary alicyclic amines) is 1. The Labute approximate surface area is 151 Å². The van der Waals surface area contributed by atoms with E-state index in [0.717, 1.165) is 5.56 Å². The Bertz CT molecular complexity index is 695. The molecule has 2 aromatic rings. The number of carbonyl (C=O) groups is 2. The highest BCUT2D eigenvalue weighted by Crippen LogP contribution is 2.15. The summed E-state index contributed by atoms with van der Waals surface area (Å²) in [5, 5.41) is 14.4. The van der Waals surface area contributed by atoms with E-state index in [1.54, 1.807) is 11.0 Å². The van der Waals surface area contributed by atoms with Gasteiger partial charge >= 0.3 is 0 Å². The maximum Gasteiger partial charge on any atom is 0.262 e.